The van der Waals surface area contributed by atoms with Crippen molar-refractivity contribution in [3.05, 3.63) is 54.2 Å². The van der Waals surface area contributed by atoms with Gasteiger partial charge in [-0.25, -0.2) is 0 Å². The van der Waals surface area contributed by atoms with Crippen LogP contribution in [0, 0.1) is 0 Å². The summed E-state index contributed by atoms with van der Waals surface area (Å²) in [4.78, 5) is 12.6. The number of anilines is 1. The van der Waals surface area contributed by atoms with Gasteiger partial charge in [0.2, 0.25) is 0 Å². The molecule has 0 fully saturated rings. The Bertz CT molecular complexity index is 946. The number of nitrogens with one attached hydrogen (secondary N) is 1. The van der Waals surface area contributed by atoms with Crippen molar-refractivity contribution >= 4 is 22.5 Å². The fraction of sp³-hybridized carbons (Fsp3) is 0.286. The second-order valence-electron chi connectivity index (χ2n) is 6.45. The Hall–Kier alpha value is -2.95. The molecule has 2 heterocycles. The van der Waals surface area contributed by atoms with Gasteiger partial charge in [-0.05, 0) is 48.9 Å². The van der Waals surface area contributed by atoms with E-state index < -0.39 is 0 Å². The van der Waals surface area contributed by atoms with E-state index in [9.17, 15) is 4.79 Å². The van der Waals surface area contributed by atoms with Crippen molar-refractivity contribution in [3.63, 3.8) is 0 Å². The van der Waals surface area contributed by atoms with E-state index in [1.165, 1.54) is 5.52 Å². The number of ether oxygens (including phenoxy) is 2. The Balaban J connectivity index is 1.54. The first-order valence-electron chi connectivity index (χ1n) is 9.04. The lowest BCUT2D eigenvalue weighted by atomic mass is 10.1. The van der Waals surface area contributed by atoms with Crippen LogP contribution in [0.2, 0.25) is 0 Å². The van der Waals surface area contributed by atoms with Crippen molar-refractivity contribution in [2.75, 3.05) is 18.5 Å². The number of aromatic nitrogens is 1. The molecule has 0 unspecified atom stereocenters. The monoisotopic (exact) mass is 350 g/mol. The van der Waals surface area contributed by atoms with Gasteiger partial charge in [-0.2, -0.15) is 0 Å². The molecule has 0 saturated heterocycles. The van der Waals surface area contributed by atoms with Gasteiger partial charge in [0, 0.05) is 41.3 Å². The van der Waals surface area contributed by atoms with E-state index in [1.54, 1.807) is 18.2 Å². The third kappa shape index (κ3) is 3.25. The predicted molar refractivity (Wildman–Crippen MR) is 102 cm³/mol. The highest BCUT2D eigenvalue weighted by molar-refractivity contribution is 6.05. The lowest BCUT2D eigenvalue weighted by Gasteiger charge is -2.10. The normalized spacial score (nSPS) is 13.4. The molecule has 2 aromatic carbocycles. The Morgan fingerprint density at radius 2 is 1.92 bits per heavy atom. The number of carbonyl (C=O) groups excluding carboxylic acids is 1. The SMILES string of the molecule is CCCn1ccc2cc(NC(=O)c3ccc4c(c3)OCCCO4)ccc21. The molecule has 1 amide bonds. The number of fused-ring (bicyclic) bond motifs is 2. The molecule has 1 aromatic heterocycles. The number of carbonyl (C=O) groups is 1. The van der Waals surface area contributed by atoms with Crippen molar-refractivity contribution < 1.29 is 14.3 Å². The maximum Gasteiger partial charge on any atom is 0.255 e. The summed E-state index contributed by atoms with van der Waals surface area (Å²) >= 11 is 0. The Morgan fingerprint density at radius 1 is 1.08 bits per heavy atom. The van der Waals surface area contributed by atoms with Gasteiger partial charge in [0.25, 0.3) is 5.91 Å². The molecule has 3 aromatic rings. The van der Waals surface area contributed by atoms with Gasteiger partial charge in [0.15, 0.2) is 11.5 Å². The quantitative estimate of drug-likeness (QED) is 0.755. The third-order valence-electron chi connectivity index (χ3n) is 4.50. The fourth-order valence-corrected chi connectivity index (χ4v) is 3.22. The van der Waals surface area contributed by atoms with Crippen LogP contribution in [0.1, 0.15) is 30.1 Å². The minimum Gasteiger partial charge on any atom is -0.490 e. The van der Waals surface area contributed by atoms with Gasteiger partial charge >= 0.3 is 0 Å². The summed E-state index contributed by atoms with van der Waals surface area (Å²) in [5.41, 5.74) is 2.52. The lowest BCUT2D eigenvalue weighted by molar-refractivity contribution is 0.102. The molecule has 5 heteroatoms. The molecular formula is C21H22N2O3. The number of amides is 1. The predicted octanol–water partition coefficient (Wildman–Crippen LogP) is 4.46. The zero-order valence-electron chi connectivity index (χ0n) is 14.8. The molecule has 0 radical (unpaired) electrons. The molecule has 1 aliphatic rings. The maximum absolute atomic E-state index is 12.6. The van der Waals surface area contributed by atoms with Gasteiger partial charge in [0.1, 0.15) is 0 Å². The van der Waals surface area contributed by atoms with E-state index in [-0.39, 0.29) is 5.91 Å². The van der Waals surface area contributed by atoms with Crippen molar-refractivity contribution in [3.8, 4) is 11.5 Å². The van der Waals surface area contributed by atoms with Crippen molar-refractivity contribution in [2.24, 2.45) is 0 Å². The first-order valence-corrected chi connectivity index (χ1v) is 9.04. The van der Waals surface area contributed by atoms with E-state index in [0.717, 1.165) is 30.5 Å². The molecule has 26 heavy (non-hydrogen) atoms. The molecule has 4 rings (SSSR count). The second-order valence-corrected chi connectivity index (χ2v) is 6.45. The lowest BCUT2D eigenvalue weighted by Crippen LogP contribution is -2.12. The highest BCUT2D eigenvalue weighted by Crippen LogP contribution is 2.31. The Morgan fingerprint density at radius 3 is 2.77 bits per heavy atom. The second kappa shape index (κ2) is 7.12. The molecule has 1 N–H and O–H groups in total. The third-order valence-corrected chi connectivity index (χ3v) is 4.50. The van der Waals surface area contributed by atoms with Gasteiger partial charge < -0.3 is 19.4 Å². The number of hydrogen-bond acceptors (Lipinski definition) is 3. The molecule has 1 aliphatic heterocycles. The molecule has 134 valence electrons. The summed E-state index contributed by atoms with van der Waals surface area (Å²) in [5.74, 6) is 1.16. The highest BCUT2D eigenvalue weighted by atomic mass is 16.5. The maximum atomic E-state index is 12.6. The molecule has 0 aliphatic carbocycles. The van der Waals surface area contributed by atoms with Crippen LogP contribution in [0.4, 0.5) is 5.69 Å². The standard InChI is InChI=1S/C21H22N2O3/c1-2-9-23-10-8-15-13-17(5-6-18(15)23)22-21(24)16-4-7-19-20(14-16)26-12-3-11-25-19/h4-8,10,13-14H,2-3,9,11-12H2,1H3,(H,22,24). The van der Waals surface area contributed by atoms with Crippen LogP contribution in [0.3, 0.4) is 0 Å². The van der Waals surface area contributed by atoms with E-state index in [1.807, 2.05) is 12.1 Å². The minimum atomic E-state index is -0.159. The first kappa shape index (κ1) is 16.5. The first-order chi connectivity index (χ1) is 12.7. The van der Waals surface area contributed by atoms with Crippen LogP contribution in [0.5, 0.6) is 11.5 Å². The van der Waals surface area contributed by atoms with E-state index in [0.29, 0.717) is 30.3 Å². The van der Waals surface area contributed by atoms with Crippen LogP contribution >= 0.6 is 0 Å². The molecule has 5 nitrogen and oxygen atoms in total. The minimum absolute atomic E-state index is 0.159. The topological polar surface area (TPSA) is 52.5 Å². The van der Waals surface area contributed by atoms with Crippen LogP contribution < -0.4 is 14.8 Å². The van der Waals surface area contributed by atoms with Gasteiger partial charge in [-0.1, -0.05) is 6.92 Å². The fourth-order valence-electron chi connectivity index (χ4n) is 3.22. The number of nitrogens with zero attached hydrogens (tertiary/aromatic N) is 1. The number of benzene rings is 2. The van der Waals surface area contributed by atoms with E-state index in [4.69, 9.17) is 9.47 Å². The molecular weight excluding hydrogens is 328 g/mol. The summed E-state index contributed by atoms with van der Waals surface area (Å²) in [6.45, 7) is 4.39. The molecule has 0 atom stereocenters. The van der Waals surface area contributed by atoms with Gasteiger partial charge in [-0.3, -0.25) is 4.79 Å². The van der Waals surface area contributed by atoms with Crippen molar-refractivity contribution in [1.29, 1.82) is 0 Å². The smallest absolute Gasteiger partial charge is 0.255 e. The van der Waals surface area contributed by atoms with Crippen LogP contribution in [0.15, 0.2) is 48.7 Å². The van der Waals surface area contributed by atoms with Crippen LogP contribution in [-0.2, 0) is 6.54 Å². The molecule has 0 bridgehead atoms. The zero-order chi connectivity index (χ0) is 17.9. The van der Waals surface area contributed by atoms with Gasteiger partial charge in [-0.15, -0.1) is 0 Å². The number of hydrogen-bond donors (Lipinski definition) is 1. The van der Waals surface area contributed by atoms with E-state index >= 15 is 0 Å². The van der Waals surface area contributed by atoms with Gasteiger partial charge in [0.05, 0.1) is 13.2 Å². The number of aryl methyl sites for hydroxylation is 1. The number of rotatable bonds is 4. The van der Waals surface area contributed by atoms with Crippen LogP contribution in [0.25, 0.3) is 10.9 Å². The van der Waals surface area contributed by atoms with E-state index in [2.05, 4.69) is 35.1 Å². The Labute approximate surface area is 152 Å². The molecule has 0 spiro atoms. The summed E-state index contributed by atoms with van der Waals surface area (Å²) in [6, 6.07) is 13.4. The average Bonchev–Trinajstić information content (AvgIpc) is 2.89. The Kier molecular flexibility index (Phi) is 4.52. The summed E-state index contributed by atoms with van der Waals surface area (Å²) in [5, 5.41) is 4.09. The summed E-state index contributed by atoms with van der Waals surface area (Å²) in [6.07, 6.45) is 4.02. The summed E-state index contributed by atoms with van der Waals surface area (Å²) < 4.78 is 13.5. The van der Waals surface area contributed by atoms with Crippen molar-refractivity contribution in [1.82, 2.24) is 4.57 Å². The largest absolute Gasteiger partial charge is 0.490 e. The van der Waals surface area contributed by atoms with Crippen molar-refractivity contribution in [2.45, 2.75) is 26.3 Å². The van der Waals surface area contributed by atoms with Crippen LogP contribution in [-0.4, -0.2) is 23.7 Å². The molecule has 0 saturated carbocycles. The highest BCUT2D eigenvalue weighted by Gasteiger charge is 2.14. The summed E-state index contributed by atoms with van der Waals surface area (Å²) in [7, 11) is 0. The zero-order valence-corrected chi connectivity index (χ0v) is 14.8. The average molecular weight is 350 g/mol.